The van der Waals surface area contributed by atoms with Crippen LogP contribution in [0.2, 0.25) is 0 Å². The quantitative estimate of drug-likeness (QED) is 0.848. The van der Waals surface area contributed by atoms with Gasteiger partial charge in [-0.2, -0.15) is 11.8 Å². The van der Waals surface area contributed by atoms with Crippen molar-refractivity contribution in [1.29, 1.82) is 0 Å². The summed E-state index contributed by atoms with van der Waals surface area (Å²) >= 11 is 1.94. The molecule has 2 rings (SSSR count). The number of nitrogens with one attached hydrogen (secondary N) is 1. The Balaban J connectivity index is 2.20. The normalized spacial score (nSPS) is 22.8. The molecule has 2 unspecified atom stereocenters. The fourth-order valence-electron chi connectivity index (χ4n) is 3.16. The minimum atomic E-state index is 0.329. The molecule has 1 aliphatic rings. The van der Waals surface area contributed by atoms with Crippen molar-refractivity contribution in [2.24, 2.45) is 0 Å². The number of fused-ring (bicyclic) bond motifs is 1. The van der Waals surface area contributed by atoms with Gasteiger partial charge in [-0.3, -0.25) is 0 Å². The first kappa shape index (κ1) is 14.9. The molecule has 0 aliphatic heterocycles. The van der Waals surface area contributed by atoms with Crippen molar-refractivity contribution in [3.05, 3.63) is 35.4 Å². The Kier molecular flexibility index (Phi) is 4.97. The van der Waals surface area contributed by atoms with E-state index in [9.17, 15) is 0 Å². The average molecular weight is 277 g/mol. The lowest BCUT2D eigenvalue weighted by Crippen LogP contribution is -2.38. The van der Waals surface area contributed by atoms with E-state index in [2.05, 4.69) is 56.6 Å². The van der Waals surface area contributed by atoms with E-state index in [4.69, 9.17) is 0 Å². The van der Waals surface area contributed by atoms with E-state index in [0.717, 1.165) is 0 Å². The van der Waals surface area contributed by atoms with Gasteiger partial charge in [-0.25, -0.2) is 0 Å². The van der Waals surface area contributed by atoms with Gasteiger partial charge in [-0.15, -0.1) is 0 Å². The number of rotatable bonds is 5. The molecule has 1 aliphatic carbocycles. The summed E-state index contributed by atoms with van der Waals surface area (Å²) in [7, 11) is 0. The number of hydrogen-bond acceptors (Lipinski definition) is 2. The molecule has 0 fully saturated rings. The molecular formula is C17H27NS. The Morgan fingerprint density at radius 2 is 2.11 bits per heavy atom. The first-order valence-corrected chi connectivity index (χ1v) is 8.82. The highest BCUT2D eigenvalue weighted by Crippen LogP contribution is 2.41. The molecule has 1 N–H and O–H groups in total. The van der Waals surface area contributed by atoms with Crippen molar-refractivity contribution in [2.75, 3.05) is 12.0 Å². The highest BCUT2D eigenvalue weighted by atomic mass is 32.2. The molecule has 2 atom stereocenters. The Bertz CT molecular complexity index is 413. The molecular weight excluding hydrogens is 250 g/mol. The maximum atomic E-state index is 3.88. The van der Waals surface area contributed by atoms with E-state index in [1.165, 1.54) is 36.1 Å². The summed E-state index contributed by atoms with van der Waals surface area (Å²) in [4.78, 5) is 0. The Hall–Kier alpha value is -0.470. The summed E-state index contributed by atoms with van der Waals surface area (Å²) < 4.78 is 0. The summed E-state index contributed by atoms with van der Waals surface area (Å²) in [5.41, 5.74) is 3.40. The van der Waals surface area contributed by atoms with Crippen molar-refractivity contribution in [2.45, 2.75) is 57.5 Å². The van der Waals surface area contributed by atoms with Gasteiger partial charge in [-0.05, 0) is 42.1 Å². The van der Waals surface area contributed by atoms with Crippen LogP contribution >= 0.6 is 11.8 Å². The predicted octanol–water partition coefficient (Wildman–Crippen LogP) is 4.53. The zero-order valence-electron chi connectivity index (χ0n) is 12.7. The van der Waals surface area contributed by atoms with Crippen LogP contribution in [0.5, 0.6) is 0 Å². The Morgan fingerprint density at radius 3 is 2.79 bits per heavy atom. The van der Waals surface area contributed by atoms with E-state index < -0.39 is 0 Å². The average Bonchev–Trinajstić information content (AvgIpc) is 2.41. The third-order valence-corrected chi connectivity index (χ3v) is 5.16. The minimum Gasteiger partial charge on any atom is -0.306 e. The van der Waals surface area contributed by atoms with Crippen LogP contribution < -0.4 is 5.32 Å². The lowest BCUT2D eigenvalue weighted by Gasteiger charge is -2.38. The first-order chi connectivity index (χ1) is 9.08. The fraction of sp³-hybridized carbons (Fsp3) is 0.647. The molecule has 0 bridgehead atoms. The molecule has 106 valence electrons. The van der Waals surface area contributed by atoms with Crippen molar-refractivity contribution < 1.29 is 0 Å². The summed E-state index contributed by atoms with van der Waals surface area (Å²) in [6.07, 6.45) is 5.94. The van der Waals surface area contributed by atoms with Gasteiger partial charge in [-0.1, -0.05) is 45.0 Å². The number of hydrogen-bond donors (Lipinski definition) is 1. The summed E-state index contributed by atoms with van der Waals surface area (Å²) in [6.45, 7) is 7.04. The fourth-order valence-corrected chi connectivity index (χ4v) is 3.89. The molecule has 0 saturated heterocycles. The molecule has 1 nitrogen and oxygen atoms in total. The molecule has 0 amide bonds. The third-order valence-electron chi connectivity index (χ3n) is 4.42. The van der Waals surface area contributed by atoms with Crippen LogP contribution in [-0.4, -0.2) is 18.1 Å². The van der Waals surface area contributed by atoms with Gasteiger partial charge < -0.3 is 5.32 Å². The molecule has 1 aromatic rings. The van der Waals surface area contributed by atoms with Gasteiger partial charge in [0.1, 0.15) is 0 Å². The van der Waals surface area contributed by atoms with E-state index in [0.29, 0.717) is 17.5 Å². The maximum Gasteiger partial charge on any atom is 0.0326 e. The lowest BCUT2D eigenvalue weighted by atomic mass is 9.71. The maximum absolute atomic E-state index is 3.88. The van der Waals surface area contributed by atoms with Crippen LogP contribution in [0, 0.1) is 0 Å². The second-order valence-corrected chi connectivity index (χ2v) is 7.20. The highest BCUT2D eigenvalue weighted by molar-refractivity contribution is 7.98. The van der Waals surface area contributed by atoms with Crippen LogP contribution in [0.1, 0.15) is 57.2 Å². The molecule has 1 aromatic carbocycles. The van der Waals surface area contributed by atoms with Crippen LogP contribution in [0.3, 0.4) is 0 Å². The summed E-state index contributed by atoms with van der Waals surface area (Å²) in [5.74, 6) is 1.21. The van der Waals surface area contributed by atoms with Gasteiger partial charge in [0.25, 0.3) is 0 Å². The molecule has 0 spiro atoms. The van der Waals surface area contributed by atoms with Crippen LogP contribution in [0.4, 0.5) is 0 Å². The minimum absolute atomic E-state index is 0.329. The van der Waals surface area contributed by atoms with E-state index in [-0.39, 0.29) is 0 Å². The van der Waals surface area contributed by atoms with Crippen LogP contribution in [-0.2, 0) is 5.41 Å². The third kappa shape index (κ3) is 3.35. The second kappa shape index (κ2) is 6.32. The van der Waals surface area contributed by atoms with Gasteiger partial charge in [0.2, 0.25) is 0 Å². The molecule has 2 heteroatoms. The van der Waals surface area contributed by atoms with Gasteiger partial charge >= 0.3 is 0 Å². The van der Waals surface area contributed by atoms with Gasteiger partial charge in [0.05, 0.1) is 0 Å². The largest absolute Gasteiger partial charge is 0.306 e. The molecule has 19 heavy (non-hydrogen) atoms. The zero-order valence-corrected chi connectivity index (χ0v) is 13.5. The summed E-state index contributed by atoms with van der Waals surface area (Å²) in [5, 5.41) is 3.88. The number of thioether (sulfide) groups is 1. The molecule has 0 saturated carbocycles. The van der Waals surface area contributed by atoms with Crippen LogP contribution in [0.15, 0.2) is 24.3 Å². The number of benzene rings is 1. The zero-order chi connectivity index (χ0) is 13.9. The van der Waals surface area contributed by atoms with Gasteiger partial charge in [0.15, 0.2) is 0 Å². The van der Waals surface area contributed by atoms with Crippen molar-refractivity contribution >= 4 is 11.8 Å². The van der Waals surface area contributed by atoms with E-state index in [1.54, 1.807) is 0 Å². The van der Waals surface area contributed by atoms with Gasteiger partial charge in [0, 0.05) is 17.8 Å². The highest BCUT2D eigenvalue weighted by Gasteiger charge is 2.32. The molecule has 0 radical (unpaired) electrons. The van der Waals surface area contributed by atoms with Crippen molar-refractivity contribution in [3.8, 4) is 0 Å². The first-order valence-electron chi connectivity index (χ1n) is 7.43. The predicted molar refractivity (Wildman–Crippen MR) is 87.0 cm³/mol. The Morgan fingerprint density at radius 1 is 1.37 bits per heavy atom. The van der Waals surface area contributed by atoms with Crippen LogP contribution in [0.25, 0.3) is 0 Å². The van der Waals surface area contributed by atoms with Crippen molar-refractivity contribution in [1.82, 2.24) is 5.32 Å². The van der Waals surface area contributed by atoms with E-state index >= 15 is 0 Å². The van der Waals surface area contributed by atoms with E-state index in [1.807, 2.05) is 11.8 Å². The smallest absolute Gasteiger partial charge is 0.0326 e. The summed E-state index contributed by atoms with van der Waals surface area (Å²) in [6, 6.07) is 10.2. The topological polar surface area (TPSA) is 12.0 Å². The molecule has 0 heterocycles. The second-order valence-electron chi connectivity index (χ2n) is 6.29. The SMILES string of the molecule is CCC(CSC)NC1CCC(C)(C)c2ccccc21. The Labute approximate surface area is 122 Å². The molecule has 0 aromatic heterocycles. The monoisotopic (exact) mass is 277 g/mol. The lowest BCUT2D eigenvalue weighted by molar-refractivity contribution is 0.337. The van der Waals surface area contributed by atoms with Crippen molar-refractivity contribution in [3.63, 3.8) is 0 Å². The standard InChI is InChI=1S/C17H27NS/c1-5-13(12-19-4)18-16-10-11-17(2,3)15-9-7-6-8-14(15)16/h6-9,13,16,18H,5,10-12H2,1-4H3.